The fourth-order valence-corrected chi connectivity index (χ4v) is 1.73. The fourth-order valence-electron chi connectivity index (χ4n) is 1.55. The molecule has 4 heteroatoms. The van der Waals surface area contributed by atoms with Gasteiger partial charge >= 0.3 is 0 Å². The van der Waals surface area contributed by atoms with Gasteiger partial charge in [0.1, 0.15) is 18.1 Å². The molecule has 2 aromatic rings. The highest BCUT2D eigenvalue weighted by Crippen LogP contribution is 2.19. The smallest absolute Gasteiger partial charge is 0.146 e. The van der Waals surface area contributed by atoms with E-state index in [-0.39, 0.29) is 0 Å². The molecule has 1 N–H and O–H groups in total. The van der Waals surface area contributed by atoms with Gasteiger partial charge in [-0.15, -0.1) is 0 Å². The SMILES string of the molecule is CNCc1ccoc1COc1cccc(Cl)c1. The van der Waals surface area contributed by atoms with Gasteiger partial charge in [0.05, 0.1) is 6.26 Å². The Kier molecular flexibility index (Phi) is 4.07. The number of furan rings is 1. The lowest BCUT2D eigenvalue weighted by Gasteiger charge is -2.06. The van der Waals surface area contributed by atoms with Crippen LogP contribution in [0.25, 0.3) is 0 Å². The van der Waals surface area contributed by atoms with E-state index >= 15 is 0 Å². The molecule has 0 amide bonds. The lowest BCUT2D eigenvalue weighted by molar-refractivity contribution is 0.268. The molecule has 0 bridgehead atoms. The maximum absolute atomic E-state index is 5.87. The third kappa shape index (κ3) is 3.25. The van der Waals surface area contributed by atoms with Crippen LogP contribution in [0.4, 0.5) is 0 Å². The largest absolute Gasteiger partial charge is 0.486 e. The summed E-state index contributed by atoms with van der Waals surface area (Å²) in [4.78, 5) is 0. The fraction of sp³-hybridized carbons (Fsp3) is 0.231. The minimum absolute atomic E-state index is 0.407. The predicted molar refractivity (Wildman–Crippen MR) is 67.3 cm³/mol. The van der Waals surface area contributed by atoms with Crippen molar-refractivity contribution in [1.29, 1.82) is 0 Å². The van der Waals surface area contributed by atoms with Gasteiger partial charge in [-0.25, -0.2) is 0 Å². The van der Waals surface area contributed by atoms with Crippen molar-refractivity contribution in [3.05, 3.63) is 52.9 Å². The normalized spacial score (nSPS) is 10.5. The summed E-state index contributed by atoms with van der Waals surface area (Å²) in [5, 5.41) is 3.75. The average molecular weight is 252 g/mol. The Morgan fingerprint density at radius 2 is 2.24 bits per heavy atom. The van der Waals surface area contributed by atoms with E-state index in [2.05, 4.69) is 5.32 Å². The van der Waals surface area contributed by atoms with Gasteiger partial charge in [-0.05, 0) is 31.3 Å². The molecule has 17 heavy (non-hydrogen) atoms. The minimum atomic E-state index is 0.407. The van der Waals surface area contributed by atoms with Crippen molar-refractivity contribution in [2.24, 2.45) is 0 Å². The van der Waals surface area contributed by atoms with Gasteiger partial charge in [0.25, 0.3) is 0 Å². The van der Waals surface area contributed by atoms with Crippen molar-refractivity contribution in [2.75, 3.05) is 7.05 Å². The number of halogens is 1. The van der Waals surface area contributed by atoms with E-state index in [1.54, 1.807) is 12.3 Å². The van der Waals surface area contributed by atoms with Crippen LogP contribution in [0.1, 0.15) is 11.3 Å². The molecule has 0 aliphatic heterocycles. The summed E-state index contributed by atoms with van der Waals surface area (Å²) in [5.74, 6) is 1.57. The highest BCUT2D eigenvalue weighted by molar-refractivity contribution is 6.30. The van der Waals surface area contributed by atoms with Crippen molar-refractivity contribution in [1.82, 2.24) is 5.32 Å². The highest BCUT2D eigenvalue weighted by atomic mass is 35.5. The Bertz CT molecular complexity index is 482. The molecule has 0 saturated carbocycles. The van der Waals surface area contributed by atoms with Crippen LogP contribution in [0.3, 0.4) is 0 Å². The summed E-state index contributed by atoms with van der Waals surface area (Å²) in [6, 6.07) is 9.25. The molecular weight excluding hydrogens is 238 g/mol. The number of hydrogen-bond donors (Lipinski definition) is 1. The molecule has 0 unspecified atom stereocenters. The van der Waals surface area contributed by atoms with Gasteiger partial charge in [0, 0.05) is 17.1 Å². The monoisotopic (exact) mass is 251 g/mol. The van der Waals surface area contributed by atoms with Crippen LogP contribution in [-0.2, 0) is 13.2 Å². The molecule has 0 radical (unpaired) electrons. The topological polar surface area (TPSA) is 34.4 Å². The molecule has 2 rings (SSSR count). The van der Waals surface area contributed by atoms with E-state index in [1.807, 2.05) is 31.3 Å². The lowest BCUT2D eigenvalue weighted by Crippen LogP contribution is -2.07. The Morgan fingerprint density at radius 1 is 1.35 bits per heavy atom. The van der Waals surface area contributed by atoms with Gasteiger partial charge in [-0.2, -0.15) is 0 Å². The molecule has 1 heterocycles. The molecule has 0 aliphatic rings. The molecule has 0 spiro atoms. The van der Waals surface area contributed by atoms with Gasteiger partial charge in [0.15, 0.2) is 0 Å². The van der Waals surface area contributed by atoms with E-state index in [0.717, 1.165) is 23.6 Å². The molecule has 0 atom stereocenters. The first kappa shape index (κ1) is 12.0. The summed E-state index contributed by atoms with van der Waals surface area (Å²) in [7, 11) is 1.90. The summed E-state index contributed by atoms with van der Waals surface area (Å²) in [6.07, 6.45) is 1.67. The van der Waals surface area contributed by atoms with Crippen LogP contribution in [0.5, 0.6) is 5.75 Å². The van der Waals surface area contributed by atoms with Crippen LogP contribution in [0, 0.1) is 0 Å². The van der Waals surface area contributed by atoms with Gasteiger partial charge in [-0.3, -0.25) is 0 Å². The maximum Gasteiger partial charge on any atom is 0.146 e. The molecule has 3 nitrogen and oxygen atoms in total. The zero-order valence-corrected chi connectivity index (χ0v) is 10.3. The first-order valence-electron chi connectivity index (χ1n) is 5.38. The number of benzene rings is 1. The van der Waals surface area contributed by atoms with Crippen LogP contribution < -0.4 is 10.1 Å². The van der Waals surface area contributed by atoms with E-state index < -0.39 is 0 Å². The number of nitrogens with one attached hydrogen (secondary N) is 1. The molecule has 1 aromatic carbocycles. The second kappa shape index (κ2) is 5.75. The van der Waals surface area contributed by atoms with Crippen molar-refractivity contribution in [2.45, 2.75) is 13.2 Å². The molecular formula is C13H14ClNO2. The number of hydrogen-bond acceptors (Lipinski definition) is 3. The Balaban J connectivity index is 1.99. The lowest BCUT2D eigenvalue weighted by atomic mass is 10.2. The standard InChI is InChI=1S/C13H14ClNO2/c1-15-8-10-5-6-16-13(10)9-17-12-4-2-3-11(14)7-12/h2-7,15H,8-9H2,1H3. The van der Waals surface area contributed by atoms with E-state index in [0.29, 0.717) is 11.6 Å². The van der Waals surface area contributed by atoms with Crippen molar-refractivity contribution in [3.63, 3.8) is 0 Å². The van der Waals surface area contributed by atoms with E-state index in [1.165, 1.54) is 0 Å². The Hall–Kier alpha value is -1.45. The van der Waals surface area contributed by atoms with E-state index in [9.17, 15) is 0 Å². The molecule has 0 fully saturated rings. The summed E-state index contributed by atoms with van der Waals surface area (Å²) >= 11 is 5.87. The Morgan fingerprint density at radius 3 is 3.00 bits per heavy atom. The van der Waals surface area contributed by atoms with Gasteiger partial charge in [-0.1, -0.05) is 17.7 Å². The average Bonchev–Trinajstić information content (AvgIpc) is 2.75. The third-order valence-electron chi connectivity index (χ3n) is 2.37. The molecule has 0 aliphatic carbocycles. The van der Waals surface area contributed by atoms with Crippen molar-refractivity contribution >= 4 is 11.6 Å². The van der Waals surface area contributed by atoms with E-state index in [4.69, 9.17) is 20.8 Å². The van der Waals surface area contributed by atoms with Crippen LogP contribution >= 0.6 is 11.6 Å². The summed E-state index contributed by atoms with van der Waals surface area (Å²) < 4.78 is 11.0. The zero-order valence-electron chi connectivity index (χ0n) is 9.57. The summed E-state index contributed by atoms with van der Waals surface area (Å²) in [5.41, 5.74) is 1.11. The zero-order chi connectivity index (χ0) is 12.1. The quantitative estimate of drug-likeness (QED) is 0.886. The Labute approximate surface area is 105 Å². The minimum Gasteiger partial charge on any atom is -0.486 e. The first-order chi connectivity index (χ1) is 8.29. The number of ether oxygens (including phenoxy) is 1. The second-order valence-electron chi connectivity index (χ2n) is 3.65. The third-order valence-corrected chi connectivity index (χ3v) is 2.61. The second-order valence-corrected chi connectivity index (χ2v) is 4.08. The number of rotatable bonds is 5. The van der Waals surface area contributed by atoms with Gasteiger partial charge < -0.3 is 14.5 Å². The summed E-state index contributed by atoms with van der Waals surface area (Å²) in [6.45, 7) is 1.18. The molecule has 1 aromatic heterocycles. The first-order valence-corrected chi connectivity index (χ1v) is 5.75. The van der Waals surface area contributed by atoms with Crippen LogP contribution in [-0.4, -0.2) is 7.05 Å². The molecule has 0 saturated heterocycles. The van der Waals surface area contributed by atoms with Crippen molar-refractivity contribution < 1.29 is 9.15 Å². The molecule has 90 valence electrons. The van der Waals surface area contributed by atoms with Crippen LogP contribution in [0.15, 0.2) is 41.0 Å². The predicted octanol–water partition coefficient (Wildman–Crippen LogP) is 3.23. The highest BCUT2D eigenvalue weighted by Gasteiger charge is 2.06. The van der Waals surface area contributed by atoms with Crippen LogP contribution in [0.2, 0.25) is 5.02 Å². The van der Waals surface area contributed by atoms with Crippen molar-refractivity contribution in [3.8, 4) is 5.75 Å². The maximum atomic E-state index is 5.87. The van der Waals surface area contributed by atoms with Gasteiger partial charge in [0.2, 0.25) is 0 Å².